The number of hydrogen-bond donors (Lipinski definition) is 1. The minimum Gasteiger partial charge on any atom is -0.465 e. The highest BCUT2D eigenvalue weighted by Gasteiger charge is 2.16. The second kappa shape index (κ2) is 9.00. The third kappa shape index (κ3) is 4.71. The number of aromatic nitrogens is 4. The van der Waals surface area contributed by atoms with Crippen molar-refractivity contribution in [2.45, 2.75) is 39.7 Å². The number of ether oxygens (including phenoxy) is 1. The molecule has 152 valence electrons. The molecule has 3 aromatic rings. The van der Waals surface area contributed by atoms with Crippen LogP contribution >= 0.6 is 11.6 Å². The highest BCUT2D eigenvalue weighted by atomic mass is 35.5. The average molecular weight is 416 g/mol. The first kappa shape index (κ1) is 20.7. The number of carbonyl (C=O) groups is 2. The van der Waals surface area contributed by atoms with Crippen LogP contribution in [0.15, 0.2) is 30.6 Å². The molecule has 2 aromatic heterocycles. The van der Waals surface area contributed by atoms with Crippen LogP contribution in [0.2, 0.25) is 5.15 Å². The van der Waals surface area contributed by atoms with E-state index in [4.69, 9.17) is 16.3 Å². The molecule has 1 amide bonds. The van der Waals surface area contributed by atoms with Gasteiger partial charge in [-0.3, -0.25) is 14.9 Å². The van der Waals surface area contributed by atoms with Crippen molar-refractivity contribution in [2.24, 2.45) is 0 Å². The zero-order chi connectivity index (χ0) is 21.0. The molecule has 9 heteroatoms. The fourth-order valence-electron chi connectivity index (χ4n) is 2.80. The predicted octanol–water partition coefficient (Wildman–Crippen LogP) is 3.81. The van der Waals surface area contributed by atoms with Crippen molar-refractivity contribution in [3.63, 3.8) is 0 Å². The number of nitrogens with zero attached hydrogens (tertiary/aromatic N) is 4. The van der Waals surface area contributed by atoms with E-state index in [0.717, 1.165) is 6.42 Å². The molecule has 1 unspecified atom stereocenters. The second-order valence-corrected chi connectivity index (χ2v) is 6.93. The zero-order valence-corrected chi connectivity index (χ0v) is 17.2. The third-order valence-corrected chi connectivity index (χ3v) is 4.87. The molecule has 0 fully saturated rings. The summed E-state index contributed by atoms with van der Waals surface area (Å²) < 4.78 is 6.45. The smallest absolute Gasteiger partial charge is 0.326 e. The van der Waals surface area contributed by atoms with E-state index in [2.05, 4.69) is 34.1 Å². The molecule has 29 heavy (non-hydrogen) atoms. The molecule has 0 aliphatic rings. The summed E-state index contributed by atoms with van der Waals surface area (Å²) in [6, 6.07) is 7.41. The molecule has 0 radical (unpaired) electrons. The molecule has 8 nitrogen and oxygen atoms in total. The molecule has 1 aromatic carbocycles. The van der Waals surface area contributed by atoms with Gasteiger partial charge in [-0.15, -0.1) is 0 Å². The number of amides is 1. The lowest BCUT2D eigenvalue weighted by Gasteiger charge is -2.10. The summed E-state index contributed by atoms with van der Waals surface area (Å²) in [5.74, 6) is -0.318. The van der Waals surface area contributed by atoms with Crippen molar-refractivity contribution in [1.82, 2.24) is 19.5 Å². The average Bonchev–Trinajstić information content (AvgIpc) is 3.10. The monoisotopic (exact) mass is 415 g/mol. The third-order valence-electron chi connectivity index (χ3n) is 4.61. The Morgan fingerprint density at radius 2 is 1.93 bits per heavy atom. The minimum atomic E-state index is -0.423. The first-order chi connectivity index (χ1) is 13.9. The Morgan fingerprint density at radius 3 is 2.59 bits per heavy atom. The topological polar surface area (TPSA) is 99.0 Å². The molecule has 3 rings (SSSR count). The van der Waals surface area contributed by atoms with E-state index in [1.807, 2.05) is 12.1 Å². The summed E-state index contributed by atoms with van der Waals surface area (Å²) >= 11 is 6.18. The van der Waals surface area contributed by atoms with E-state index >= 15 is 0 Å². The van der Waals surface area contributed by atoms with Crippen molar-refractivity contribution in [2.75, 3.05) is 11.9 Å². The quantitative estimate of drug-likeness (QED) is 0.465. The fraction of sp³-hybridized carbons (Fsp3) is 0.350. The van der Waals surface area contributed by atoms with Gasteiger partial charge in [-0.1, -0.05) is 37.6 Å². The maximum absolute atomic E-state index is 12.6. The molecule has 1 atom stereocenters. The summed E-state index contributed by atoms with van der Waals surface area (Å²) in [7, 11) is 0. The van der Waals surface area contributed by atoms with Crippen molar-refractivity contribution in [3.8, 4) is 0 Å². The Bertz CT molecular complexity index is 1030. The Kier molecular flexibility index (Phi) is 6.43. The normalized spacial score (nSPS) is 12.0. The molecular formula is C20H22ClN5O3. The van der Waals surface area contributed by atoms with Crippen molar-refractivity contribution in [1.29, 1.82) is 0 Å². The van der Waals surface area contributed by atoms with E-state index in [-0.39, 0.29) is 30.2 Å². The first-order valence-electron chi connectivity index (χ1n) is 9.38. The van der Waals surface area contributed by atoms with Gasteiger partial charge in [-0.25, -0.2) is 4.98 Å². The molecule has 0 spiro atoms. The molecule has 1 N–H and O–H groups in total. The lowest BCUT2D eigenvalue weighted by atomic mass is 9.97. The van der Waals surface area contributed by atoms with Gasteiger partial charge in [0.15, 0.2) is 10.8 Å². The van der Waals surface area contributed by atoms with E-state index in [1.165, 1.54) is 16.5 Å². The van der Waals surface area contributed by atoms with Gasteiger partial charge in [0.1, 0.15) is 12.1 Å². The van der Waals surface area contributed by atoms with Gasteiger partial charge in [0.25, 0.3) is 5.91 Å². The zero-order valence-electron chi connectivity index (χ0n) is 16.5. The molecule has 0 aliphatic carbocycles. The Hall–Kier alpha value is -3.00. The van der Waals surface area contributed by atoms with E-state index in [0.29, 0.717) is 22.6 Å². The summed E-state index contributed by atoms with van der Waals surface area (Å²) in [4.78, 5) is 36.8. The van der Waals surface area contributed by atoms with Crippen LogP contribution in [0.3, 0.4) is 0 Å². The number of rotatable bonds is 7. The highest BCUT2D eigenvalue weighted by Crippen LogP contribution is 2.22. The van der Waals surface area contributed by atoms with E-state index < -0.39 is 5.97 Å². The maximum atomic E-state index is 12.6. The van der Waals surface area contributed by atoms with Gasteiger partial charge in [-0.2, -0.15) is 9.97 Å². The van der Waals surface area contributed by atoms with Crippen molar-refractivity contribution >= 4 is 40.6 Å². The van der Waals surface area contributed by atoms with Crippen LogP contribution in [-0.2, 0) is 16.1 Å². The lowest BCUT2D eigenvalue weighted by Crippen LogP contribution is -2.16. The Labute approximate surface area is 173 Å². The molecule has 0 saturated heterocycles. The largest absolute Gasteiger partial charge is 0.465 e. The summed E-state index contributed by atoms with van der Waals surface area (Å²) in [5.41, 5.74) is 2.33. The summed E-state index contributed by atoms with van der Waals surface area (Å²) in [6.45, 7) is 6.20. The number of carbonyl (C=O) groups excluding carboxylic acids is 2. The predicted molar refractivity (Wildman–Crippen MR) is 110 cm³/mol. The van der Waals surface area contributed by atoms with Gasteiger partial charge in [0.05, 0.1) is 12.9 Å². The van der Waals surface area contributed by atoms with Gasteiger partial charge >= 0.3 is 5.97 Å². The number of fused-ring (bicyclic) bond motifs is 1. The van der Waals surface area contributed by atoms with Crippen LogP contribution in [0.5, 0.6) is 0 Å². The minimum absolute atomic E-state index is 0.0316. The first-order valence-corrected chi connectivity index (χ1v) is 9.76. The highest BCUT2D eigenvalue weighted by molar-refractivity contribution is 6.33. The van der Waals surface area contributed by atoms with Gasteiger partial charge in [-0.05, 0) is 37.0 Å². The number of anilines is 1. The van der Waals surface area contributed by atoms with Crippen LogP contribution < -0.4 is 5.32 Å². The van der Waals surface area contributed by atoms with E-state index in [9.17, 15) is 9.59 Å². The SMILES string of the molecule is CCOC(=O)Cn1cnc2c(Cl)nc(NC(=O)c3ccc(C(C)CC)cc3)nc21. The van der Waals surface area contributed by atoms with Crippen LogP contribution in [0.25, 0.3) is 11.2 Å². The number of nitrogens with one attached hydrogen (secondary N) is 1. The lowest BCUT2D eigenvalue weighted by molar-refractivity contribution is -0.143. The van der Waals surface area contributed by atoms with Crippen molar-refractivity contribution in [3.05, 3.63) is 46.9 Å². The second-order valence-electron chi connectivity index (χ2n) is 6.57. The molecule has 0 saturated carbocycles. The standard InChI is InChI=1S/C20H22ClN5O3/c1-4-12(3)13-6-8-14(9-7-13)19(28)25-20-23-17(21)16-18(24-20)26(11-22-16)10-15(27)29-5-2/h6-9,11-12H,4-5,10H2,1-3H3,(H,23,24,25,28). The molecule has 0 aliphatic heterocycles. The molecule has 2 heterocycles. The summed E-state index contributed by atoms with van der Waals surface area (Å²) in [5, 5.41) is 2.73. The van der Waals surface area contributed by atoms with Crippen molar-refractivity contribution < 1.29 is 14.3 Å². The fourth-order valence-corrected chi connectivity index (χ4v) is 3.01. The number of esters is 1. The summed E-state index contributed by atoms with van der Waals surface area (Å²) in [6.07, 6.45) is 2.46. The molecule has 0 bridgehead atoms. The van der Waals surface area contributed by atoms with Gasteiger partial charge in [0, 0.05) is 5.56 Å². The van der Waals surface area contributed by atoms with Gasteiger partial charge < -0.3 is 9.30 Å². The number of benzene rings is 1. The van der Waals surface area contributed by atoms with E-state index in [1.54, 1.807) is 19.1 Å². The Balaban J connectivity index is 1.82. The number of hydrogen-bond acceptors (Lipinski definition) is 6. The number of halogens is 1. The molecular weight excluding hydrogens is 394 g/mol. The Morgan fingerprint density at radius 1 is 1.21 bits per heavy atom. The van der Waals surface area contributed by atoms with Crippen LogP contribution in [-0.4, -0.2) is 38.0 Å². The maximum Gasteiger partial charge on any atom is 0.326 e. The van der Waals surface area contributed by atoms with Crippen LogP contribution in [0.1, 0.15) is 49.0 Å². The van der Waals surface area contributed by atoms with Crippen LogP contribution in [0.4, 0.5) is 5.95 Å². The van der Waals surface area contributed by atoms with Crippen LogP contribution in [0, 0.1) is 0 Å². The van der Waals surface area contributed by atoms with Gasteiger partial charge in [0.2, 0.25) is 5.95 Å². The number of imidazole rings is 1.